The second kappa shape index (κ2) is 3.14. The van der Waals surface area contributed by atoms with E-state index in [1.54, 1.807) is 5.92 Å². The Morgan fingerprint density at radius 2 is 1.90 bits per heavy atom. The average Bonchev–Trinajstić information content (AvgIpc) is 1.88. The lowest BCUT2D eigenvalue weighted by Crippen LogP contribution is -2.11. The van der Waals surface area contributed by atoms with Crippen molar-refractivity contribution in [1.29, 1.82) is 0 Å². The van der Waals surface area contributed by atoms with Gasteiger partial charge in [0.2, 0.25) is 0 Å². The van der Waals surface area contributed by atoms with Gasteiger partial charge in [0.1, 0.15) is 0 Å². The molecule has 0 aromatic heterocycles. The molecule has 0 saturated heterocycles. The monoisotopic (exact) mass is 137 g/mol. The van der Waals surface area contributed by atoms with Crippen LogP contribution in [0.5, 0.6) is 0 Å². The highest BCUT2D eigenvalue weighted by Crippen LogP contribution is 2.32. The summed E-state index contributed by atoms with van der Waals surface area (Å²) >= 11 is 0. The highest BCUT2D eigenvalue weighted by molar-refractivity contribution is 5.02. The smallest absolute Gasteiger partial charge is 0.0902 e. The third-order valence-corrected chi connectivity index (χ3v) is 2.54. The van der Waals surface area contributed by atoms with Gasteiger partial charge in [0.15, 0.2) is 0 Å². The van der Waals surface area contributed by atoms with Crippen molar-refractivity contribution in [2.75, 3.05) is 0 Å². The molecule has 0 spiro atoms. The Hall–Kier alpha value is -0.390. The molecule has 0 atom stereocenters. The minimum absolute atomic E-state index is 0.823. The van der Waals surface area contributed by atoms with Crippen LogP contribution in [0.25, 0.3) is 0 Å². The third-order valence-electron chi connectivity index (χ3n) is 2.54. The summed E-state index contributed by atoms with van der Waals surface area (Å²) in [6.07, 6.45) is 5.36. The fraction of sp³-hybridized carbons (Fsp3) is 0.700. The first kappa shape index (κ1) is 7.71. The van der Waals surface area contributed by atoms with Crippen molar-refractivity contribution in [3.8, 4) is 0 Å². The predicted octanol–water partition coefficient (Wildman–Crippen LogP) is 3.35. The first-order chi connectivity index (χ1) is 4.70. The fourth-order valence-electron chi connectivity index (χ4n) is 1.60. The SMILES string of the molecule is C=C(C)C1CC[C+](C)CC1. The van der Waals surface area contributed by atoms with Crippen LogP contribution in [0, 0.1) is 11.8 Å². The van der Waals surface area contributed by atoms with E-state index in [1.807, 2.05) is 0 Å². The van der Waals surface area contributed by atoms with Crippen molar-refractivity contribution in [3.05, 3.63) is 18.1 Å². The van der Waals surface area contributed by atoms with Gasteiger partial charge in [-0.25, -0.2) is 0 Å². The number of rotatable bonds is 1. The van der Waals surface area contributed by atoms with Crippen LogP contribution in [-0.4, -0.2) is 0 Å². The Kier molecular flexibility index (Phi) is 2.42. The maximum Gasteiger partial charge on any atom is 0.0902 e. The summed E-state index contributed by atoms with van der Waals surface area (Å²) in [5, 5.41) is 0. The van der Waals surface area contributed by atoms with Crippen molar-refractivity contribution in [2.24, 2.45) is 5.92 Å². The Bertz CT molecular complexity index is 116. The number of allylic oxidation sites excluding steroid dienone is 1. The molecule has 0 N–H and O–H groups in total. The zero-order chi connectivity index (χ0) is 7.56. The molecule has 1 aliphatic carbocycles. The third kappa shape index (κ3) is 1.80. The van der Waals surface area contributed by atoms with Crippen molar-refractivity contribution < 1.29 is 0 Å². The largest absolute Gasteiger partial charge is 0.0999 e. The van der Waals surface area contributed by atoms with E-state index in [9.17, 15) is 0 Å². The van der Waals surface area contributed by atoms with Gasteiger partial charge in [-0.05, 0) is 25.7 Å². The fourth-order valence-corrected chi connectivity index (χ4v) is 1.60. The van der Waals surface area contributed by atoms with Crippen LogP contribution in [0.1, 0.15) is 39.5 Å². The summed E-state index contributed by atoms with van der Waals surface area (Å²) in [6.45, 7) is 8.43. The van der Waals surface area contributed by atoms with Crippen LogP contribution in [0.3, 0.4) is 0 Å². The molecule has 0 aliphatic heterocycles. The Morgan fingerprint density at radius 3 is 2.30 bits per heavy atom. The van der Waals surface area contributed by atoms with E-state index in [2.05, 4.69) is 20.4 Å². The molecule has 0 radical (unpaired) electrons. The summed E-state index contributed by atoms with van der Waals surface area (Å²) in [5.74, 6) is 2.50. The van der Waals surface area contributed by atoms with Crippen LogP contribution in [0.4, 0.5) is 0 Å². The normalized spacial score (nSPS) is 21.2. The van der Waals surface area contributed by atoms with E-state index in [4.69, 9.17) is 0 Å². The quantitative estimate of drug-likeness (QED) is 0.384. The minimum atomic E-state index is 0.823. The van der Waals surface area contributed by atoms with Gasteiger partial charge in [0.25, 0.3) is 0 Å². The number of hydrogen-bond donors (Lipinski definition) is 0. The van der Waals surface area contributed by atoms with E-state index in [0.29, 0.717) is 0 Å². The maximum absolute atomic E-state index is 3.99. The van der Waals surface area contributed by atoms with Crippen molar-refractivity contribution in [3.63, 3.8) is 0 Å². The zero-order valence-electron chi connectivity index (χ0n) is 7.11. The van der Waals surface area contributed by atoms with E-state index in [0.717, 1.165) is 5.92 Å². The van der Waals surface area contributed by atoms with Crippen molar-refractivity contribution >= 4 is 0 Å². The van der Waals surface area contributed by atoms with Gasteiger partial charge in [-0.3, -0.25) is 0 Å². The molecule has 1 rings (SSSR count). The van der Waals surface area contributed by atoms with Gasteiger partial charge >= 0.3 is 0 Å². The highest BCUT2D eigenvalue weighted by Gasteiger charge is 2.25. The van der Waals surface area contributed by atoms with Crippen LogP contribution < -0.4 is 0 Å². The van der Waals surface area contributed by atoms with E-state index < -0.39 is 0 Å². The molecule has 10 heavy (non-hydrogen) atoms. The maximum atomic E-state index is 3.99. The van der Waals surface area contributed by atoms with Gasteiger partial charge in [0, 0.05) is 0 Å². The molecule has 0 nitrogen and oxygen atoms in total. The molecule has 1 aliphatic rings. The average molecular weight is 137 g/mol. The molecule has 0 unspecified atom stereocenters. The van der Waals surface area contributed by atoms with E-state index >= 15 is 0 Å². The summed E-state index contributed by atoms with van der Waals surface area (Å²) < 4.78 is 0. The summed E-state index contributed by atoms with van der Waals surface area (Å²) in [5.41, 5.74) is 1.38. The molecule has 56 valence electrons. The number of hydrogen-bond acceptors (Lipinski definition) is 0. The molecule has 1 saturated carbocycles. The molecule has 0 bridgehead atoms. The zero-order valence-corrected chi connectivity index (χ0v) is 7.11. The van der Waals surface area contributed by atoms with Crippen LogP contribution in [0.2, 0.25) is 0 Å². The van der Waals surface area contributed by atoms with Crippen molar-refractivity contribution in [1.82, 2.24) is 0 Å². The standard InChI is InChI=1S/C10H17/c1-8(2)10-6-4-9(3)5-7-10/h10H,1,4-7H2,2-3H3/q+1. The Labute approximate surface area is 64.3 Å². The van der Waals surface area contributed by atoms with E-state index in [1.165, 1.54) is 31.3 Å². The Balaban J connectivity index is 2.33. The lowest BCUT2D eigenvalue weighted by atomic mass is 9.80. The molecule has 0 aromatic carbocycles. The minimum Gasteiger partial charge on any atom is -0.0999 e. The van der Waals surface area contributed by atoms with E-state index in [-0.39, 0.29) is 0 Å². The highest BCUT2D eigenvalue weighted by atomic mass is 14.2. The molecule has 0 aromatic rings. The van der Waals surface area contributed by atoms with Crippen LogP contribution in [0.15, 0.2) is 12.2 Å². The molecular weight excluding hydrogens is 120 g/mol. The van der Waals surface area contributed by atoms with Crippen LogP contribution in [-0.2, 0) is 0 Å². The van der Waals surface area contributed by atoms with Crippen molar-refractivity contribution in [2.45, 2.75) is 39.5 Å². The molecule has 1 fully saturated rings. The van der Waals surface area contributed by atoms with Gasteiger partial charge in [-0.1, -0.05) is 12.2 Å². The molecule has 0 heteroatoms. The van der Waals surface area contributed by atoms with Gasteiger partial charge in [0.05, 0.1) is 25.7 Å². The van der Waals surface area contributed by atoms with Crippen LogP contribution >= 0.6 is 0 Å². The summed E-state index contributed by atoms with van der Waals surface area (Å²) in [7, 11) is 0. The second-order valence-electron chi connectivity index (χ2n) is 3.58. The predicted molar refractivity (Wildman–Crippen MR) is 45.7 cm³/mol. The molecule has 0 amide bonds. The van der Waals surface area contributed by atoms with Gasteiger partial charge in [-0.15, -0.1) is 0 Å². The van der Waals surface area contributed by atoms with Gasteiger partial charge < -0.3 is 0 Å². The first-order valence-corrected chi connectivity index (χ1v) is 4.17. The topological polar surface area (TPSA) is 0 Å². The summed E-state index contributed by atoms with van der Waals surface area (Å²) in [6, 6.07) is 0. The lowest BCUT2D eigenvalue weighted by Gasteiger charge is -2.19. The second-order valence-corrected chi connectivity index (χ2v) is 3.58. The first-order valence-electron chi connectivity index (χ1n) is 4.17. The molecular formula is C10H17+. The Morgan fingerprint density at radius 1 is 1.40 bits per heavy atom. The summed E-state index contributed by atoms with van der Waals surface area (Å²) in [4.78, 5) is 0. The molecule has 0 heterocycles. The van der Waals surface area contributed by atoms with Gasteiger partial charge in [-0.2, -0.15) is 0 Å². The lowest BCUT2D eigenvalue weighted by molar-refractivity contribution is 0.429.